The summed E-state index contributed by atoms with van der Waals surface area (Å²) in [5.74, 6) is 0.426. The molecule has 2 atom stereocenters. The predicted octanol–water partition coefficient (Wildman–Crippen LogP) is 3.27. The molecular weight excluding hydrogens is 274 g/mol. The SMILES string of the molecule is CC(C)CN1C(=O)CCC(N)C1c1ccc(C(F)F)cc1. The van der Waals surface area contributed by atoms with Gasteiger partial charge in [-0.3, -0.25) is 4.79 Å². The van der Waals surface area contributed by atoms with E-state index in [-0.39, 0.29) is 23.6 Å². The molecule has 2 rings (SSSR count). The highest BCUT2D eigenvalue weighted by Gasteiger charge is 2.35. The Labute approximate surface area is 124 Å². The van der Waals surface area contributed by atoms with Crippen LogP contribution in [0.5, 0.6) is 0 Å². The van der Waals surface area contributed by atoms with Crippen LogP contribution in [0.2, 0.25) is 0 Å². The van der Waals surface area contributed by atoms with E-state index in [9.17, 15) is 13.6 Å². The van der Waals surface area contributed by atoms with Gasteiger partial charge in [0, 0.05) is 24.6 Å². The van der Waals surface area contributed by atoms with Gasteiger partial charge in [0.1, 0.15) is 0 Å². The van der Waals surface area contributed by atoms with Crippen molar-refractivity contribution >= 4 is 5.91 Å². The van der Waals surface area contributed by atoms with Gasteiger partial charge < -0.3 is 10.6 Å². The number of alkyl halides is 2. The quantitative estimate of drug-likeness (QED) is 0.927. The number of likely N-dealkylation sites (tertiary alicyclic amines) is 1. The van der Waals surface area contributed by atoms with Crippen LogP contribution in [0.15, 0.2) is 24.3 Å². The second-order valence-electron chi connectivity index (χ2n) is 6.05. The zero-order chi connectivity index (χ0) is 15.6. The minimum atomic E-state index is -2.48. The number of benzene rings is 1. The first-order valence-corrected chi connectivity index (χ1v) is 7.33. The molecule has 1 fully saturated rings. The maximum atomic E-state index is 12.6. The van der Waals surface area contributed by atoms with Crippen LogP contribution in [0, 0.1) is 5.92 Å². The number of carbonyl (C=O) groups is 1. The van der Waals surface area contributed by atoms with Gasteiger partial charge in [0.25, 0.3) is 6.43 Å². The lowest BCUT2D eigenvalue weighted by Gasteiger charge is -2.41. The lowest BCUT2D eigenvalue weighted by molar-refractivity contribution is -0.138. The number of carbonyl (C=O) groups excluding carboxylic acids is 1. The fourth-order valence-electron chi connectivity index (χ4n) is 2.85. The Morgan fingerprint density at radius 2 is 1.90 bits per heavy atom. The topological polar surface area (TPSA) is 46.3 Å². The zero-order valence-electron chi connectivity index (χ0n) is 12.4. The van der Waals surface area contributed by atoms with Crippen LogP contribution in [0.1, 0.15) is 50.3 Å². The number of rotatable bonds is 4. The minimum absolute atomic E-state index is 0.00938. The zero-order valence-corrected chi connectivity index (χ0v) is 12.4. The van der Waals surface area contributed by atoms with E-state index in [4.69, 9.17) is 5.73 Å². The molecule has 1 saturated heterocycles. The Kier molecular flexibility index (Phi) is 4.93. The molecule has 1 aromatic carbocycles. The van der Waals surface area contributed by atoms with Gasteiger partial charge in [0.2, 0.25) is 5.91 Å². The molecule has 2 unspecified atom stereocenters. The second-order valence-corrected chi connectivity index (χ2v) is 6.05. The Morgan fingerprint density at radius 1 is 1.29 bits per heavy atom. The molecule has 1 aromatic rings. The summed E-state index contributed by atoms with van der Waals surface area (Å²) in [6.45, 7) is 4.72. The number of halogens is 2. The van der Waals surface area contributed by atoms with Crippen LogP contribution in [0.3, 0.4) is 0 Å². The van der Waals surface area contributed by atoms with E-state index in [0.717, 1.165) is 5.56 Å². The molecule has 1 amide bonds. The van der Waals surface area contributed by atoms with Crippen LogP contribution < -0.4 is 5.73 Å². The molecule has 2 N–H and O–H groups in total. The highest BCUT2D eigenvalue weighted by atomic mass is 19.3. The van der Waals surface area contributed by atoms with Gasteiger partial charge in [-0.25, -0.2) is 8.78 Å². The maximum Gasteiger partial charge on any atom is 0.263 e. The first kappa shape index (κ1) is 15.9. The van der Waals surface area contributed by atoms with Gasteiger partial charge in [0.15, 0.2) is 0 Å². The van der Waals surface area contributed by atoms with Crippen molar-refractivity contribution in [3.63, 3.8) is 0 Å². The van der Waals surface area contributed by atoms with Crippen molar-refractivity contribution < 1.29 is 13.6 Å². The third-order valence-electron chi connectivity index (χ3n) is 3.85. The van der Waals surface area contributed by atoms with Gasteiger partial charge in [-0.2, -0.15) is 0 Å². The van der Waals surface area contributed by atoms with Crippen LogP contribution in [-0.2, 0) is 4.79 Å². The van der Waals surface area contributed by atoms with Crippen molar-refractivity contribution in [1.29, 1.82) is 0 Å². The molecule has 1 heterocycles. The Morgan fingerprint density at radius 3 is 2.43 bits per heavy atom. The van der Waals surface area contributed by atoms with Crippen molar-refractivity contribution in [3.8, 4) is 0 Å². The summed E-state index contributed by atoms with van der Waals surface area (Å²) in [7, 11) is 0. The maximum absolute atomic E-state index is 12.6. The number of nitrogens with zero attached hydrogens (tertiary/aromatic N) is 1. The number of hydrogen-bond acceptors (Lipinski definition) is 2. The number of piperidine rings is 1. The standard InChI is InChI=1S/C16H22F2N2O/c1-10(2)9-20-14(21)8-7-13(19)15(20)11-3-5-12(6-4-11)16(17)18/h3-6,10,13,15-16H,7-9,19H2,1-2H3. The molecule has 0 spiro atoms. The summed E-state index contributed by atoms with van der Waals surface area (Å²) in [6, 6.07) is 5.79. The third-order valence-corrected chi connectivity index (χ3v) is 3.85. The molecule has 0 aromatic heterocycles. The summed E-state index contributed by atoms with van der Waals surface area (Å²) >= 11 is 0. The van der Waals surface area contributed by atoms with Gasteiger partial charge >= 0.3 is 0 Å². The van der Waals surface area contributed by atoms with E-state index in [1.807, 2.05) is 13.8 Å². The smallest absolute Gasteiger partial charge is 0.263 e. The first-order chi connectivity index (χ1) is 9.90. The number of amides is 1. The van der Waals surface area contributed by atoms with Crippen molar-refractivity contribution in [3.05, 3.63) is 35.4 Å². The lowest BCUT2D eigenvalue weighted by Crippen LogP contribution is -2.49. The molecule has 0 bridgehead atoms. The van der Waals surface area contributed by atoms with Gasteiger partial charge in [-0.15, -0.1) is 0 Å². The van der Waals surface area contributed by atoms with Crippen LogP contribution in [-0.4, -0.2) is 23.4 Å². The van der Waals surface area contributed by atoms with Crippen molar-refractivity contribution in [2.75, 3.05) is 6.54 Å². The fourth-order valence-corrected chi connectivity index (χ4v) is 2.85. The molecule has 5 heteroatoms. The molecule has 3 nitrogen and oxygen atoms in total. The summed E-state index contributed by atoms with van der Waals surface area (Å²) in [6.07, 6.45) is -1.39. The molecule has 0 radical (unpaired) electrons. The third kappa shape index (κ3) is 3.59. The van der Waals surface area contributed by atoms with Crippen molar-refractivity contribution in [1.82, 2.24) is 4.90 Å². The molecule has 21 heavy (non-hydrogen) atoms. The van der Waals surface area contributed by atoms with E-state index in [2.05, 4.69) is 0 Å². The van der Waals surface area contributed by atoms with E-state index in [1.54, 1.807) is 17.0 Å². The summed E-state index contributed by atoms with van der Waals surface area (Å²) < 4.78 is 25.3. The van der Waals surface area contributed by atoms with Crippen molar-refractivity contribution in [2.24, 2.45) is 11.7 Å². The molecule has 0 aliphatic carbocycles. The molecule has 1 aliphatic heterocycles. The molecular formula is C16H22F2N2O. The summed E-state index contributed by atoms with van der Waals surface area (Å²) in [5, 5.41) is 0. The largest absolute Gasteiger partial charge is 0.334 e. The van der Waals surface area contributed by atoms with Crippen LogP contribution in [0.25, 0.3) is 0 Å². The van der Waals surface area contributed by atoms with Gasteiger partial charge in [-0.1, -0.05) is 38.1 Å². The van der Waals surface area contributed by atoms with E-state index in [0.29, 0.717) is 25.3 Å². The average molecular weight is 296 g/mol. The molecule has 116 valence electrons. The first-order valence-electron chi connectivity index (χ1n) is 7.33. The Hall–Kier alpha value is -1.49. The van der Waals surface area contributed by atoms with Crippen molar-refractivity contribution in [2.45, 2.75) is 45.2 Å². The molecule has 0 saturated carbocycles. The predicted molar refractivity (Wildman–Crippen MR) is 77.9 cm³/mol. The average Bonchev–Trinajstić information content (AvgIpc) is 2.43. The van der Waals surface area contributed by atoms with Gasteiger partial charge in [0.05, 0.1) is 6.04 Å². The Bertz CT molecular complexity index is 488. The normalized spacial score (nSPS) is 23.2. The van der Waals surface area contributed by atoms with Crippen LogP contribution in [0.4, 0.5) is 8.78 Å². The fraction of sp³-hybridized carbons (Fsp3) is 0.562. The monoisotopic (exact) mass is 296 g/mol. The van der Waals surface area contributed by atoms with E-state index >= 15 is 0 Å². The minimum Gasteiger partial charge on any atom is -0.334 e. The number of nitrogens with two attached hydrogens (primary N) is 1. The summed E-state index contributed by atoms with van der Waals surface area (Å²) in [4.78, 5) is 14.0. The highest BCUT2D eigenvalue weighted by molar-refractivity contribution is 5.78. The highest BCUT2D eigenvalue weighted by Crippen LogP contribution is 2.32. The lowest BCUT2D eigenvalue weighted by atomic mass is 9.89. The second kappa shape index (κ2) is 6.52. The number of hydrogen-bond donors (Lipinski definition) is 1. The summed E-state index contributed by atoms with van der Waals surface area (Å²) in [5.41, 5.74) is 7.02. The van der Waals surface area contributed by atoms with Crippen LogP contribution >= 0.6 is 0 Å². The molecule has 1 aliphatic rings. The van der Waals surface area contributed by atoms with E-state index < -0.39 is 6.43 Å². The van der Waals surface area contributed by atoms with E-state index in [1.165, 1.54) is 12.1 Å². The van der Waals surface area contributed by atoms with Gasteiger partial charge in [-0.05, 0) is 17.9 Å². The Balaban J connectivity index is 2.29.